The Labute approximate surface area is 134 Å². The molecule has 0 unspecified atom stereocenters. The summed E-state index contributed by atoms with van der Waals surface area (Å²) in [6.07, 6.45) is 7.16. The minimum Gasteiger partial charge on any atom is -0.264 e. The Hall–Kier alpha value is -1.12. The number of aryl methyl sites for hydroxylation is 1. The zero-order valence-electron chi connectivity index (χ0n) is 12.7. The number of rotatable bonds is 4. The fourth-order valence-corrected chi connectivity index (χ4v) is 4.30. The molecule has 1 aliphatic carbocycles. The summed E-state index contributed by atoms with van der Waals surface area (Å²) in [5.74, 6) is 1.11. The molecule has 0 aromatic carbocycles. The topological polar surface area (TPSA) is 82.0 Å². The van der Waals surface area contributed by atoms with Gasteiger partial charge in [-0.05, 0) is 19.8 Å². The van der Waals surface area contributed by atoms with Crippen LogP contribution in [0.3, 0.4) is 0 Å². The average molecular weight is 341 g/mol. The monoisotopic (exact) mass is 341 g/mol. The molecule has 1 fully saturated rings. The van der Waals surface area contributed by atoms with Crippen molar-refractivity contribution in [1.82, 2.24) is 15.0 Å². The van der Waals surface area contributed by atoms with E-state index in [0.29, 0.717) is 23.0 Å². The van der Waals surface area contributed by atoms with Crippen molar-refractivity contribution in [2.45, 2.75) is 51.6 Å². The number of hydrogen-bond acceptors (Lipinski definition) is 7. The SMILES string of the molecule is Cc1nc(COS(C)(=O)=O)c2nc(C3CCCCC3)sc2n1. The molecular weight excluding hydrogens is 322 g/mol. The molecule has 0 bridgehead atoms. The summed E-state index contributed by atoms with van der Waals surface area (Å²) >= 11 is 1.60. The van der Waals surface area contributed by atoms with Gasteiger partial charge in [0, 0.05) is 5.92 Å². The summed E-state index contributed by atoms with van der Waals surface area (Å²) in [5, 5.41) is 1.09. The lowest BCUT2D eigenvalue weighted by atomic mass is 9.90. The third-order valence-electron chi connectivity index (χ3n) is 3.82. The van der Waals surface area contributed by atoms with Gasteiger partial charge in [0.1, 0.15) is 22.8 Å². The third kappa shape index (κ3) is 3.61. The Morgan fingerprint density at radius 1 is 1.18 bits per heavy atom. The van der Waals surface area contributed by atoms with Crippen LogP contribution < -0.4 is 0 Å². The van der Waals surface area contributed by atoms with Crippen LogP contribution in [0.15, 0.2) is 0 Å². The molecule has 22 heavy (non-hydrogen) atoms. The van der Waals surface area contributed by atoms with E-state index in [1.807, 2.05) is 0 Å². The highest BCUT2D eigenvalue weighted by Gasteiger charge is 2.21. The Bertz CT molecular complexity index is 780. The van der Waals surface area contributed by atoms with Crippen LogP contribution in [0.2, 0.25) is 0 Å². The van der Waals surface area contributed by atoms with Crippen LogP contribution in [-0.4, -0.2) is 29.6 Å². The number of fused-ring (bicyclic) bond motifs is 1. The summed E-state index contributed by atoms with van der Waals surface area (Å²) in [6.45, 7) is 1.70. The van der Waals surface area contributed by atoms with Crippen LogP contribution in [-0.2, 0) is 20.9 Å². The van der Waals surface area contributed by atoms with E-state index >= 15 is 0 Å². The first-order valence-electron chi connectivity index (χ1n) is 7.41. The van der Waals surface area contributed by atoms with Crippen LogP contribution in [0.25, 0.3) is 10.3 Å². The predicted molar refractivity (Wildman–Crippen MR) is 85.4 cm³/mol. The van der Waals surface area contributed by atoms with Crippen molar-refractivity contribution in [3.63, 3.8) is 0 Å². The molecule has 8 heteroatoms. The first-order chi connectivity index (χ1) is 10.4. The largest absolute Gasteiger partial charge is 0.264 e. The van der Waals surface area contributed by atoms with Gasteiger partial charge in [0.2, 0.25) is 0 Å². The second-order valence-electron chi connectivity index (χ2n) is 5.72. The summed E-state index contributed by atoms with van der Waals surface area (Å²) < 4.78 is 27.3. The summed E-state index contributed by atoms with van der Waals surface area (Å²) in [5.41, 5.74) is 1.23. The lowest BCUT2D eigenvalue weighted by Crippen LogP contribution is -2.06. The first kappa shape index (κ1) is 15.8. The molecule has 0 spiro atoms. The van der Waals surface area contributed by atoms with Gasteiger partial charge >= 0.3 is 0 Å². The zero-order chi connectivity index (χ0) is 15.7. The molecule has 2 aromatic heterocycles. The minimum atomic E-state index is -3.50. The highest BCUT2D eigenvalue weighted by atomic mass is 32.2. The summed E-state index contributed by atoms with van der Waals surface area (Å²) in [7, 11) is -3.50. The van der Waals surface area contributed by atoms with E-state index in [-0.39, 0.29) is 6.61 Å². The van der Waals surface area contributed by atoms with Gasteiger partial charge in [-0.25, -0.2) is 15.0 Å². The van der Waals surface area contributed by atoms with Crippen molar-refractivity contribution < 1.29 is 12.6 Å². The molecule has 2 aromatic rings. The molecule has 0 saturated heterocycles. The van der Waals surface area contributed by atoms with E-state index < -0.39 is 10.1 Å². The number of thiazole rings is 1. The van der Waals surface area contributed by atoms with Gasteiger partial charge < -0.3 is 0 Å². The van der Waals surface area contributed by atoms with Crippen molar-refractivity contribution in [3.8, 4) is 0 Å². The van der Waals surface area contributed by atoms with E-state index in [9.17, 15) is 8.42 Å². The third-order valence-corrected chi connectivity index (χ3v) is 5.48. The highest BCUT2D eigenvalue weighted by molar-refractivity contribution is 7.85. The molecule has 120 valence electrons. The molecule has 2 heterocycles. The molecule has 1 aliphatic rings. The maximum atomic E-state index is 11.2. The Balaban J connectivity index is 1.95. The van der Waals surface area contributed by atoms with Crippen LogP contribution in [0.4, 0.5) is 0 Å². The number of aromatic nitrogens is 3. The second kappa shape index (κ2) is 6.17. The quantitative estimate of drug-likeness (QED) is 0.795. The minimum absolute atomic E-state index is 0.0907. The van der Waals surface area contributed by atoms with E-state index in [1.54, 1.807) is 18.3 Å². The normalized spacial score (nSPS) is 17.2. The lowest BCUT2D eigenvalue weighted by molar-refractivity contribution is 0.308. The molecule has 6 nitrogen and oxygen atoms in total. The molecule has 0 amide bonds. The molecular formula is C14H19N3O3S2. The van der Waals surface area contributed by atoms with Gasteiger partial charge in [0.05, 0.1) is 17.0 Å². The zero-order valence-corrected chi connectivity index (χ0v) is 14.3. The fraction of sp³-hybridized carbons (Fsp3) is 0.643. The van der Waals surface area contributed by atoms with Gasteiger partial charge in [-0.15, -0.1) is 0 Å². The van der Waals surface area contributed by atoms with E-state index in [0.717, 1.165) is 16.1 Å². The lowest BCUT2D eigenvalue weighted by Gasteiger charge is -2.18. The summed E-state index contributed by atoms with van der Waals surface area (Å²) in [6, 6.07) is 0. The smallest absolute Gasteiger partial charge is 0.264 e. The second-order valence-corrected chi connectivity index (χ2v) is 8.38. The molecule has 3 rings (SSSR count). The van der Waals surface area contributed by atoms with Crippen LogP contribution in [0, 0.1) is 6.92 Å². The molecule has 0 atom stereocenters. The van der Waals surface area contributed by atoms with Gasteiger partial charge in [0.15, 0.2) is 0 Å². The Morgan fingerprint density at radius 3 is 2.59 bits per heavy atom. The van der Waals surface area contributed by atoms with Crippen molar-refractivity contribution in [2.75, 3.05) is 6.26 Å². The van der Waals surface area contributed by atoms with Crippen molar-refractivity contribution in [2.24, 2.45) is 0 Å². The molecule has 0 N–H and O–H groups in total. The van der Waals surface area contributed by atoms with Crippen LogP contribution in [0.5, 0.6) is 0 Å². The molecule has 0 aliphatic heterocycles. The van der Waals surface area contributed by atoms with Crippen LogP contribution in [0.1, 0.15) is 54.5 Å². The molecule has 1 saturated carbocycles. The average Bonchev–Trinajstić information content (AvgIpc) is 2.88. The highest BCUT2D eigenvalue weighted by Crippen LogP contribution is 2.36. The standard InChI is InChI=1S/C14H19N3O3S2/c1-9-15-11(8-20-22(2,18)19)12-14(16-9)21-13(17-12)10-6-4-3-5-7-10/h10H,3-8H2,1-2H3. The van der Waals surface area contributed by atoms with Crippen LogP contribution >= 0.6 is 11.3 Å². The van der Waals surface area contributed by atoms with E-state index in [2.05, 4.69) is 9.97 Å². The number of nitrogens with zero attached hydrogens (tertiary/aromatic N) is 3. The van der Waals surface area contributed by atoms with Crippen molar-refractivity contribution >= 4 is 31.8 Å². The Morgan fingerprint density at radius 2 is 1.91 bits per heavy atom. The van der Waals surface area contributed by atoms with Gasteiger partial charge in [-0.1, -0.05) is 30.6 Å². The van der Waals surface area contributed by atoms with Gasteiger partial charge in [0.25, 0.3) is 10.1 Å². The maximum absolute atomic E-state index is 11.2. The van der Waals surface area contributed by atoms with E-state index in [4.69, 9.17) is 9.17 Å². The van der Waals surface area contributed by atoms with E-state index in [1.165, 1.54) is 32.1 Å². The van der Waals surface area contributed by atoms with Gasteiger partial charge in [-0.3, -0.25) is 4.18 Å². The molecule has 0 radical (unpaired) electrons. The predicted octanol–water partition coefficient (Wildman–Crippen LogP) is 2.92. The number of hydrogen-bond donors (Lipinski definition) is 0. The van der Waals surface area contributed by atoms with Crippen molar-refractivity contribution in [3.05, 3.63) is 16.5 Å². The van der Waals surface area contributed by atoms with Gasteiger partial charge in [-0.2, -0.15) is 8.42 Å². The fourth-order valence-electron chi connectivity index (χ4n) is 2.80. The Kier molecular flexibility index (Phi) is 4.42. The summed E-state index contributed by atoms with van der Waals surface area (Å²) in [4.78, 5) is 14.3. The maximum Gasteiger partial charge on any atom is 0.264 e. The first-order valence-corrected chi connectivity index (χ1v) is 10.0. The van der Waals surface area contributed by atoms with Crippen molar-refractivity contribution in [1.29, 1.82) is 0 Å².